The Morgan fingerprint density at radius 1 is 1.18 bits per heavy atom. The lowest BCUT2D eigenvalue weighted by atomic mass is 10.1. The summed E-state index contributed by atoms with van der Waals surface area (Å²) in [5.74, 6) is 1.37. The number of fused-ring (bicyclic) bond motifs is 1. The number of halogens is 1. The smallest absolute Gasteiger partial charge is 0.233 e. The Labute approximate surface area is 171 Å². The van der Waals surface area contributed by atoms with Gasteiger partial charge in [-0.2, -0.15) is 0 Å². The third kappa shape index (κ3) is 3.88. The van der Waals surface area contributed by atoms with Crippen LogP contribution in [0, 0.1) is 0 Å². The maximum absolute atomic E-state index is 13.1. The number of rotatable bonds is 6. The number of ether oxygens (including phenoxy) is 1. The molecule has 4 rings (SSSR count). The van der Waals surface area contributed by atoms with Crippen LogP contribution in [0.25, 0.3) is 10.2 Å². The fourth-order valence-corrected chi connectivity index (χ4v) is 4.13. The normalized spacial score (nSPS) is 10.9. The van der Waals surface area contributed by atoms with Crippen LogP contribution in [0.1, 0.15) is 11.3 Å². The molecule has 0 aliphatic rings. The van der Waals surface area contributed by atoms with Gasteiger partial charge < -0.3 is 9.15 Å². The van der Waals surface area contributed by atoms with E-state index in [0.717, 1.165) is 16.0 Å². The van der Waals surface area contributed by atoms with Crippen molar-refractivity contribution in [3.8, 4) is 5.75 Å². The van der Waals surface area contributed by atoms with E-state index in [1.54, 1.807) is 30.4 Å². The van der Waals surface area contributed by atoms with Crippen molar-refractivity contribution >= 4 is 44.2 Å². The van der Waals surface area contributed by atoms with E-state index in [0.29, 0.717) is 28.0 Å². The molecule has 4 aromatic rings. The number of methoxy groups -OCH3 is 1. The first-order valence-corrected chi connectivity index (χ1v) is 9.84. The lowest BCUT2D eigenvalue weighted by molar-refractivity contribution is -0.118. The second-order valence-corrected chi connectivity index (χ2v) is 7.58. The van der Waals surface area contributed by atoms with E-state index in [-0.39, 0.29) is 12.3 Å². The molecule has 0 saturated carbocycles. The molecule has 142 valence electrons. The van der Waals surface area contributed by atoms with E-state index in [9.17, 15) is 4.79 Å². The van der Waals surface area contributed by atoms with Gasteiger partial charge in [0.1, 0.15) is 17.0 Å². The van der Waals surface area contributed by atoms with E-state index >= 15 is 0 Å². The van der Waals surface area contributed by atoms with Crippen molar-refractivity contribution in [3.63, 3.8) is 0 Å². The van der Waals surface area contributed by atoms with Crippen LogP contribution in [0.5, 0.6) is 5.75 Å². The van der Waals surface area contributed by atoms with Crippen LogP contribution in [0.2, 0.25) is 5.02 Å². The standard InChI is InChI=1S/C21H17ClN2O3S/c1-26-15-9-7-14(8-10-15)12-19(25)24(13-16-4-3-11-27-16)21-23-20-17(22)5-2-6-18(20)28-21/h2-11H,12-13H2,1H3. The van der Waals surface area contributed by atoms with Crippen LogP contribution in [0.15, 0.2) is 65.3 Å². The highest BCUT2D eigenvalue weighted by atomic mass is 35.5. The lowest BCUT2D eigenvalue weighted by Crippen LogP contribution is -2.31. The summed E-state index contributed by atoms with van der Waals surface area (Å²) in [5.41, 5.74) is 1.60. The first kappa shape index (κ1) is 18.5. The number of carbonyl (C=O) groups excluding carboxylic acids is 1. The van der Waals surface area contributed by atoms with Crippen molar-refractivity contribution in [2.45, 2.75) is 13.0 Å². The SMILES string of the molecule is COc1ccc(CC(=O)N(Cc2ccco2)c2nc3c(Cl)cccc3s2)cc1. The van der Waals surface area contributed by atoms with Gasteiger partial charge in [-0.3, -0.25) is 9.69 Å². The number of benzene rings is 2. The molecule has 0 atom stereocenters. The molecular formula is C21H17ClN2O3S. The highest BCUT2D eigenvalue weighted by molar-refractivity contribution is 7.22. The second kappa shape index (κ2) is 8.04. The van der Waals surface area contributed by atoms with Crippen molar-refractivity contribution in [1.82, 2.24) is 4.98 Å². The van der Waals surface area contributed by atoms with Gasteiger partial charge in [-0.1, -0.05) is 41.1 Å². The van der Waals surface area contributed by atoms with Gasteiger partial charge in [0, 0.05) is 0 Å². The van der Waals surface area contributed by atoms with Gasteiger partial charge in [0.05, 0.1) is 36.1 Å². The highest BCUT2D eigenvalue weighted by Gasteiger charge is 2.22. The zero-order valence-corrected chi connectivity index (χ0v) is 16.7. The first-order valence-electron chi connectivity index (χ1n) is 8.65. The highest BCUT2D eigenvalue weighted by Crippen LogP contribution is 2.33. The summed E-state index contributed by atoms with van der Waals surface area (Å²) < 4.78 is 11.6. The summed E-state index contributed by atoms with van der Waals surface area (Å²) in [4.78, 5) is 19.4. The number of hydrogen-bond acceptors (Lipinski definition) is 5. The van der Waals surface area contributed by atoms with Crippen LogP contribution in [0.4, 0.5) is 5.13 Å². The van der Waals surface area contributed by atoms with Crippen LogP contribution >= 0.6 is 22.9 Å². The number of carbonyl (C=O) groups is 1. The number of thiazole rings is 1. The topological polar surface area (TPSA) is 55.6 Å². The van der Waals surface area contributed by atoms with Crippen LogP contribution in [0.3, 0.4) is 0 Å². The minimum absolute atomic E-state index is 0.0725. The Hall–Kier alpha value is -2.83. The van der Waals surface area contributed by atoms with Crippen LogP contribution < -0.4 is 9.64 Å². The molecule has 0 radical (unpaired) electrons. The van der Waals surface area contributed by atoms with E-state index in [1.807, 2.05) is 42.5 Å². The molecule has 0 aliphatic heterocycles. The fraction of sp³-hybridized carbons (Fsp3) is 0.143. The molecule has 2 aromatic heterocycles. The van der Waals surface area contributed by atoms with Gasteiger partial charge in [0.25, 0.3) is 0 Å². The van der Waals surface area contributed by atoms with Gasteiger partial charge in [-0.05, 0) is 42.0 Å². The van der Waals surface area contributed by atoms with E-state index in [1.165, 1.54) is 11.3 Å². The average molecular weight is 413 g/mol. The molecule has 2 aromatic carbocycles. The molecule has 0 fully saturated rings. The molecule has 0 unspecified atom stereocenters. The quantitative estimate of drug-likeness (QED) is 0.429. The number of anilines is 1. The molecule has 2 heterocycles. The fourth-order valence-electron chi connectivity index (χ4n) is 2.85. The van der Waals surface area contributed by atoms with Gasteiger partial charge in [0.2, 0.25) is 5.91 Å². The zero-order chi connectivity index (χ0) is 19.5. The third-order valence-corrected chi connectivity index (χ3v) is 5.65. The van der Waals surface area contributed by atoms with E-state index in [4.69, 9.17) is 20.8 Å². The molecule has 0 N–H and O–H groups in total. The Balaban J connectivity index is 1.65. The molecule has 0 saturated heterocycles. The minimum atomic E-state index is -0.0725. The number of nitrogens with zero attached hydrogens (tertiary/aromatic N) is 2. The van der Waals surface area contributed by atoms with Crippen LogP contribution in [-0.2, 0) is 17.8 Å². The van der Waals surface area contributed by atoms with Gasteiger partial charge in [-0.25, -0.2) is 4.98 Å². The van der Waals surface area contributed by atoms with Crippen LogP contribution in [-0.4, -0.2) is 18.0 Å². The Bertz CT molecular complexity index is 1090. The maximum atomic E-state index is 13.1. The molecule has 0 aliphatic carbocycles. The number of furan rings is 1. The van der Waals surface area contributed by atoms with E-state index < -0.39 is 0 Å². The molecule has 1 amide bonds. The molecule has 0 spiro atoms. The lowest BCUT2D eigenvalue weighted by Gasteiger charge is -2.19. The first-order chi connectivity index (χ1) is 13.6. The van der Waals surface area contributed by atoms with Crippen molar-refractivity contribution in [2.75, 3.05) is 12.0 Å². The maximum Gasteiger partial charge on any atom is 0.233 e. The average Bonchev–Trinajstić information content (AvgIpc) is 3.37. The zero-order valence-electron chi connectivity index (χ0n) is 15.1. The molecule has 7 heteroatoms. The Morgan fingerprint density at radius 2 is 2.00 bits per heavy atom. The monoisotopic (exact) mass is 412 g/mol. The second-order valence-electron chi connectivity index (χ2n) is 6.17. The summed E-state index contributed by atoms with van der Waals surface area (Å²) >= 11 is 7.70. The summed E-state index contributed by atoms with van der Waals surface area (Å²) in [6.07, 6.45) is 1.84. The van der Waals surface area contributed by atoms with Crippen molar-refractivity contribution in [1.29, 1.82) is 0 Å². The third-order valence-electron chi connectivity index (χ3n) is 4.30. The minimum Gasteiger partial charge on any atom is -0.497 e. The van der Waals surface area contributed by atoms with Gasteiger partial charge >= 0.3 is 0 Å². The Kier molecular flexibility index (Phi) is 5.32. The largest absolute Gasteiger partial charge is 0.497 e. The van der Waals surface area contributed by atoms with Crippen molar-refractivity contribution < 1.29 is 13.9 Å². The molecule has 0 bridgehead atoms. The summed E-state index contributed by atoms with van der Waals surface area (Å²) in [5, 5.41) is 1.17. The van der Waals surface area contributed by atoms with Crippen molar-refractivity contribution in [2.24, 2.45) is 0 Å². The number of amides is 1. The van der Waals surface area contributed by atoms with Gasteiger partial charge in [-0.15, -0.1) is 0 Å². The number of aromatic nitrogens is 1. The Morgan fingerprint density at radius 3 is 2.68 bits per heavy atom. The summed E-state index contributed by atoms with van der Waals surface area (Å²) in [6.45, 7) is 0.305. The summed E-state index contributed by atoms with van der Waals surface area (Å²) in [6, 6.07) is 16.7. The molecule has 5 nitrogen and oxygen atoms in total. The predicted molar refractivity (Wildman–Crippen MR) is 111 cm³/mol. The predicted octanol–water partition coefficient (Wildman–Crippen LogP) is 5.33. The van der Waals surface area contributed by atoms with E-state index in [2.05, 4.69) is 4.98 Å². The van der Waals surface area contributed by atoms with Crippen molar-refractivity contribution in [3.05, 3.63) is 77.2 Å². The number of hydrogen-bond donors (Lipinski definition) is 0. The summed E-state index contributed by atoms with van der Waals surface area (Å²) in [7, 11) is 1.61. The molecular weight excluding hydrogens is 396 g/mol. The number of para-hydroxylation sites is 1. The van der Waals surface area contributed by atoms with Gasteiger partial charge in [0.15, 0.2) is 5.13 Å². The molecule has 28 heavy (non-hydrogen) atoms.